The molecule has 2 aliphatic rings. The lowest BCUT2D eigenvalue weighted by Gasteiger charge is -2.31. The quantitative estimate of drug-likeness (QED) is 0.160. The van der Waals surface area contributed by atoms with Crippen molar-refractivity contribution in [2.75, 3.05) is 18.6 Å². The molecule has 0 bridgehead atoms. The van der Waals surface area contributed by atoms with E-state index in [0.29, 0.717) is 22.4 Å². The van der Waals surface area contributed by atoms with Gasteiger partial charge in [0, 0.05) is 36.0 Å². The Morgan fingerprint density at radius 2 is 2.05 bits per heavy atom. The third kappa shape index (κ3) is 6.08. The molecule has 4 rings (SSSR count). The molecule has 2 unspecified atom stereocenters. The predicted octanol–water partition coefficient (Wildman–Crippen LogP) is 4.05. The van der Waals surface area contributed by atoms with E-state index in [1.165, 1.54) is 0 Å². The van der Waals surface area contributed by atoms with Gasteiger partial charge in [0.25, 0.3) is 0 Å². The lowest BCUT2D eigenvalue weighted by molar-refractivity contribution is 0.313. The number of halogens is 1. The highest BCUT2D eigenvalue weighted by molar-refractivity contribution is 6.32. The van der Waals surface area contributed by atoms with Crippen LogP contribution in [-0.4, -0.2) is 54.2 Å². The van der Waals surface area contributed by atoms with Crippen LogP contribution in [0, 0.1) is 0 Å². The van der Waals surface area contributed by atoms with E-state index in [2.05, 4.69) is 33.4 Å². The number of hydrogen-bond donors (Lipinski definition) is 3. The van der Waals surface area contributed by atoms with Crippen LogP contribution in [0.15, 0.2) is 94.3 Å². The Bertz CT molecular complexity index is 1250. The predicted molar refractivity (Wildman–Crippen MR) is 155 cm³/mol. The summed E-state index contributed by atoms with van der Waals surface area (Å²) >= 11 is 6.43. The largest absolute Gasteiger partial charge is 0.353 e. The van der Waals surface area contributed by atoms with Gasteiger partial charge in [-0.05, 0) is 37.1 Å². The van der Waals surface area contributed by atoms with Gasteiger partial charge in [-0.1, -0.05) is 55.1 Å². The molecule has 2 aromatic carbocycles. The van der Waals surface area contributed by atoms with Gasteiger partial charge in [-0.2, -0.15) is 0 Å². The molecule has 2 aliphatic heterocycles. The van der Waals surface area contributed by atoms with Crippen molar-refractivity contribution in [3.05, 3.63) is 89.9 Å². The van der Waals surface area contributed by atoms with Crippen molar-refractivity contribution in [2.45, 2.75) is 25.2 Å². The molecule has 2 heterocycles. The van der Waals surface area contributed by atoms with Gasteiger partial charge >= 0.3 is 0 Å². The van der Waals surface area contributed by atoms with E-state index in [1.54, 1.807) is 28.7 Å². The first-order chi connectivity index (χ1) is 17.9. The highest BCUT2D eigenvalue weighted by atomic mass is 35.5. The van der Waals surface area contributed by atoms with Gasteiger partial charge < -0.3 is 15.1 Å². The first-order valence-corrected chi connectivity index (χ1v) is 12.3. The average molecular weight is 518 g/mol. The number of amidine groups is 1. The summed E-state index contributed by atoms with van der Waals surface area (Å²) in [5.41, 5.74) is 9.37. The molecule has 0 spiro atoms. The molecule has 5 N–H and O–H groups in total. The Morgan fingerprint density at radius 1 is 1.27 bits per heavy atom. The molecule has 2 aromatic rings. The molecule has 0 saturated carbocycles. The Hall–Kier alpha value is -3.92. The molecule has 9 nitrogen and oxygen atoms in total. The van der Waals surface area contributed by atoms with Crippen LogP contribution < -0.4 is 21.9 Å². The minimum atomic E-state index is -0.639. The second-order valence-corrected chi connectivity index (χ2v) is 9.07. The Balaban J connectivity index is 1.65. The zero-order valence-electron chi connectivity index (χ0n) is 20.8. The number of rotatable bonds is 8. The van der Waals surface area contributed by atoms with Crippen molar-refractivity contribution in [2.24, 2.45) is 26.6 Å². The Morgan fingerprint density at radius 3 is 2.78 bits per heavy atom. The number of nitrogens with two attached hydrogens (primary N) is 2. The van der Waals surface area contributed by atoms with Crippen molar-refractivity contribution in [1.82, 2.24) is 15.1 Å². The molecule has 0 radical (unpaired) electrons. The lowest BCUT2D eigenvalue weighted by Crippen LogP contribution is -2.49. The second-order valence-electron chi connectivity index (χ2n) is 8.67. The van der Waals surface area contributed by atoms with E-state index in [9.17, 15) is 0 Å². The molecule has 37 heavy (non-hydrogen) atoms. The third-order valence-electron chi connectivity index (χ3n) is 6.22. The Kier molecular flexibility index (Phi) is 8.39. The van der Waals surface area contributed by atoms with Crippen molar-refractivity contribution >= 4 is 47.6 Å². The van der Waals surface area contributed by atoms with E-state index in [0.717, 1.165) is 36.3 Å². The number of nitrogens with zero attached hydrogens (tertiary/aromatic N) is 6. The molecule has 0 aromatic heterocycles. The molecule has 0 aliphatic carbocycles. The second kappa shape index (κ2) is 11.9. The summed E-state index contributed by atoms with van der Waals surface area (Å²) in [7, 11) is 1.84. The molecule has 0 amide bonds. The fourth-order valence-corrected chi connectivity index (χ4v) is 4.41. The van der Waals surface area contributed by atoms with Gasteiger partial charge in [0.15, 0.2) is 6.29 Å². The summed E-state index contributed by atoms with van der Waals surface area (Å²) < 4.78 is 0. The van der Waals surface area contributed by atoms with Gasteiger partial charge in [-0.25, -0.2) is 20.8 Å². The fourth-order valence-electron chi connectivity index (χ4n) is 4.16. The normalized spacial score (nSPS) is 18.5. The van der Waals surface area contributed by atoms with E-state index in [1.807, 2.05) is 61.7 Å². The van der Waals surface area contributed by atoms with Crippen LogP contribution >= 0.6 is 11.6 Å². The molecule has 192 valence electrons. The maximum absolute atomic E-state index is 6.68. The van der Waals surface area contributed by atoms with Crippen molar-refractivity contribution < 1.29 is 0 Å². The molecule has 2 atom stereocenters. The lowest BCUT2D eigenvalue weighted by atomic mass is 10.1. The molecule has 1 fully saturated rings. The smallest absolute Gasteiger partial charge is 0.176 e. The van der Waals surface area contributed by atoms with Gasteiger partial charge in [0.2, 0.25) is 0 Å². The van der Waals surface area contributed by atoms with Gasteiger partial charge in [-0.3, -0.25) is 10.7 Å². The minimum Gasteiger partial charge on any atom is -0.353 e. The molecule has 10 heteroatoms. The summed E-state index contributed by atoms with van der Waals surface area (Å²) in [6, 6.07) is 15.2. The van der Waals surface area contributed by atoms with E-state index in [4.69, 9.17) is 28.2 Å². The van der Waals surface area contributed by atoms with Gasteiger partial charge in [0.1, 0.15) is 11.7 Å². The van der Waals surface area contributed by atoms with Gasteiger partial charge in [0.05, 0.1) is 30.1 Å². The first kappa shape index (κ1) is 26.2. The average Bonchev–Trinajstić information content (AvgIpc) is 3.38. The number of aliphatic imine (C=N–C) groups is 3. The minimum absolute atomic E-state index is 0.126. The summed E-state index contributed by atoms with van der Waals surface area (Å²) in [6.07, 6.45) is 8.04. The van der Waals surface area contributed by atoms with E-state index in [-0.39, 0.29) is 6.04 Å². The van der Waals surface area contributed by atoms with Crippen molar-refractivity contribution in [3.63, 3.8) is 0 Å². The summed E-state index contributed by atoms with van der Waals surface area (Å²) in [6.45, 7) is 8.60. The topological polar surface area (TPSA) is 111 Å². The van der Waals surface area contributed by atoms with Crippen LogP contribution in [-0.2, 0) is 0 Å². The molecular formula is C27H32ClN9. The van der Waals surface area contributed by atoms with Crippen molar-refractivity contribution in [3.8, 4) is 0 Å². The van der Waals surface area contributed by atoms with Crippen LogP contribution in [0.3, 0.4) is 0 Å². The van der Waals surface area contributed by atoms with Gasteiger partial charge in [-0.15, -0.1) is 0 Å². The van der Waals surface area contributed by atoms with Crippen LogP contribution in [0.2, 0.25) is 5.02 Å². The monoisotopic (exact) mass is 517 g/mol. The highest BCUT2D eigenvalue weighted by Crippen LogP contribution is 2.30. The SMILES string of the molecule is C=Cc1c(Cl)cccc1N=C(C1CCCN1/C=N/C(N)N(C)C1=CC(=C)NC=N1)N(N)c1ccccc1. The molecular weight excluding hydrogens is 486 g/mol. The van der Waals surface area contributed by atoms with Crippen LogP contribution in [0.1, 0.15) is 18.4 Å². The zero-order valence-corrected chi connectivity index (χ0v) is 21.6. The van der Waals surface area contributed by atoms with E-state index < -0.39 is 6.29 Å². The summed E-state index contributed by atoms with van der Waals surface area (Å²) in [5.74, 6) is 8.02. The number of allylic oxidation sites excluding steroid dienone is 1. The number of nitrogens with one attached hydrogen (secondary N) is 1. The van der Waals surface area contributed by atoms with Crippen molar-refractivity contribution in [1.29, 1.82) is 0 Å². The number of benzene rings is 2. The standard InChI is InChI=1S/C27H32ClN9/c1-4-21-22(28)12-8-13-23(21)34-26(37(30)20-10-6-5-7-11-20)24-14-9-15-36(24)18-33-27(29)35(3)25-16-19(2)31-17-32-25/h4-8,10-13,16-18,24,27H,1-2,9,14-15,29-30H2,3H3,(H,31,32)/b33-18+,34-26?. The maximum atomic E-state index is 6.68. The third-order valence-corrected chi connectivity index (χ3v) is 6.55. The highest BCUT2D eigenvalue weighted by Gasteiger charge is 2.31. The maximum Gasteiger partial charge on any atom is 0.176 e. The van der Waals surface area contributed by atoms with E-state index >= 15 is 0 Å². The zero-order chi connectivity index (χ0) is 26.4. The summed E-state index contributed by atoms with van der Waals surface area (Å²) in [4.78, 5) is 17.8. The number of hydrazine groups is 1. The molecule has 1 saturated heterocycles. The number of anilines is 1. The summed E-state index contributed by atoms with van der Waals surface area (Å²) in [5, 5.41) is 5.14. The van der Waals surface area contributed by atoms with Crippen LogP contribution in [0.25, 0.3) is 6.08 Å². The number of hydrogen-bond acceptors (Lipinski definition) is 7. The van der Waals surface area contributed by atoms with Crippen LogP contribution in [0.5, 0.6) is 0 Å². The first-order valence-electron chi connectivity index (χ1n) is 12.0. The Labute approximate surface area is 222 Å². The number of likely N-dealkylation sites (tertiary alicyclic amines) is 1. The fraction of sp³-hybridized carbons (Fsp3) is 0.222. The van der Waals surface area contributed by atoms with Crippen LogP contribution in [0.4, 0.5) is 11.4 Å². The number of para-hydroxylation sites is 1.